The van der Waals surface area contributed by atoms with E-state index in [1.165, 1.54) is 6.92 Å². The maximum atomic E-state index is 11.1. The lowest BCUT2D eigenvalue weighted by Gasteiger charge is -2.04. The maximum Gasteiger partial charge on any atom is 0.273 e. The first-order valence-corrected chi connectivity index (χ1v) is 6.73. The molecule has 0 saturated heterocycles. The first kappa shape index (κ1) is 12.4. The number of nitrogens with zero attached hydrogens (tertiary/aromatic N) is 1. The highest BCUT2D eigenvalue weighted by molar-refractivity contribution is 9.10. The topological polar surface area (TPSA) is 77.3 Å². The second kappa shape index (κ2) is 4.07. The second-order valence-corrected chi connectivity index (χ2v) is 6.04. The van der Waals surface area contributed by atoms with Crippen LogP contribution < -0.4 is 0 Å². The van der Waals surface area contributed by atoms with Crippen LogP contribution in [0.15, 0.2) is 21.5 Å². The minimum Gasteiger partial charge on any atom is -0.258 e. The highest BCUT2D eigenvalue weighted by Crippen LogP contribution is 2.33. The summed E-state index contributed by atoms with van der Waals surface area (Å²) >= 11 is 2.97. The molecule has 1 aromatic rings. The summed E-state index contributed by atoms with van der Waals surface area (Å²) in [4.78, 5) is 9.77. The number of halogens is 2. The lowest BCUT2D eigenvalue weighted by atomic mass is 10.2. The predicted molar refractivity (Wildman–Crippen MR) is 58.6 cm³/mol. The van der Waals surface area contributed by atoms with Crippen molar-refractivity contribution in [3.8, 4) is 0 Å². The summed E-state index contributed by atoms with van der Waals surface area (Å²) in [7, 11) is 1.24. The zero-order valence-electron chi connectivity index (χ0n) is 7.40. The molecule has 1 rings (SSSR count). The fourth-order valence-electron chi connectivity index (χ4n) is 1.04. The Labute approximate surface area is 98.7 Å². The monoisotopic (exact) mass is 313 g/mol. The van der Waals surface area contributed by atoms with Crippen LogP contribution in [0.3, 0.4) is 0 Å². The van der Waals surface area contributed by atoms with Gasteiger partial charge < -0.3 is 0 Å². The smallest absolute Gasteiger partial charge is 0.258 e. The van der Waals surface area contributed by atoms with Crippen LogP contribution in [0.25, 0.3) is 0 Å². The van der Waals surface area contributed by atoms with Crippen molar-refractivity contribution in [3.05, 3.63) is 32.3 Å². The maximum absolute atomic E-state index is 11.1. The van der Waals surface area contributed by atoms with Crippen LogP contribution in [-0.2, 0) is 9.05 Å². The fraction of sp³-hybridized carbons (Fsp3) is 0.143. The Morgan fingerprint density at radius 1 is 1.47 bits per heavy atom. The normalized spacial score (nSPS) is 11.4. The van der Waals surface area contributed by atoms with E-state index in [0.717, 1.165) is 12.1 Å². The molecule has 0 aromatic heterocycles. The average molecular weight is 315 g/mol. The zero-order valence-corrected chi connectivity index (χ0v) is 10.6. The van der Waals surface area contributed by atoms with Gasteiger partial charge in [0.2, 0.25) is 0 Å². The first-order valence-electron chi connectivity index (χ1n) is 3.63. The number of nitro groups is 1. The third-order valence-corrected chi connectivity index (χ3v) is 4.43. The van der Waals surface area contributed by atoms with Crippen molar-refractivity contribution in [2.24, 2.45) is 0 Å². The van der Waals surface area contributed by atoms with Crippen LogP contribution in [-0.4, -0.2) is 13.3 Å². The van der Waals surface area contributed by atoms with Crippen LogP contribution >= 0.6 is 26.6 Å². The Morgan fingerprint density at radius 3 is 2.40 bits per heavy atom. The van der Waals surface area contributed by atoms with Crippen LogP contribution in [0.5, 0.6) is 0 Å². The Balaban J connectivity index is 3.55. The molecule has 1 aromatic carbocycles. The molecule has 0 atom stereocenters. The van der Waals surface area contributed by atoms with Crippen molar-refractivity contribution in [3.63, 3.8) is 0 Å². The Bertz CT molecular complexity index is 528. The van der Waals surface area contributed by atoms with Crippen molar-refractivity contribution in [1.29, 1.82) is 0 Å². The summed E-state index contributed by atoms with van der Waals surface area (Å²) in [5, 5.41) is 10.5. The third-order valence-electron chi connectivity index (χ3n) is 1.78. The molecule has 0 fully saturated rings. The van der Waals surface area contributed by atoms with Crippen molar-refractivity contribution in [1.82, 2.24) is 0 Å². The van der Waals surface area contributed by atoms with Gasteiger partial charge in [-0.05, 0) is 28.9 Å². The first-order chi connectivity index (χ1) is 6.75. The summed E-state index contributed by atoms with van der Waals surface area (Å²) in [6.45, 7) is 1.44. The van der Waals surface area contributed by atoms with E-state index in [-0.39, 0.29) is 20.6 Å². The van der Waals surface area contributed by atoms with Gasteiger partial charge >= 0.3 is 0 Å². The molecule has 0 amide bonds. The number of rotatable bonds is 2. The van der Waals surface area contributed by atoms with Crippen molar-refractivity contribution >= 4 is 41.4 Å². The van der Waals surface area contributed by atoms with E-state index >= 15 is 0 Å². The van der Waals surface area contributed by atoms with Crippen molar-refractivity contribution < 1.29 is 13.3 Å². The van der Waals surface area contributed by atoms with Gasteiger partial charge in [-0.2, -0.15) is 0 Å². The molecule has 0 aliphatic rings. The number of hydrogen-bond acceptors (Lipinski definition) is 4. The van der Waals surface area contributed by atoms with E-state index in [1.54, 1.807) is 0 Å². The van der Waals surface area contributed by atoms with Crippen LogP contribution in [0.2, 0.25) is 0 Å². The zero-order chi connectivity index (χ0) is 11.8. The van der Waals surface area contributed by atoms with Crippen molar-refractivity contribution in [2.75, 3.05) is 0 Å². The molecule has 0 unspecified atom stereocenters. The molecular weight excluding hydrogens is 310 g/mol. The Morgan fingerprint density at radius 2 is 2.00 bits per heavy atom. The molecule has 8 heteroatoms. The summed E-state index contributed by atoms with van der Waals surface area (Å²) in [5.41, 5.74) is 0.0627. The molecule has 0 aliphatic heterocycles. The van der Waals surface area contributed by atoms with Gasteiger partial charge in [0.15, 0.2) is 0 Å². The standard InChI is InChI=1S/C7H5BrClNO4S/c1-4-5(10(11)12)2-3-6(7(4)8)15(9,13)14/h2-3H,1H3. The quantitative estimate of drug-likeness (QED) is 0.477. The van der Waals surface area contributed by atoms with Gasteiger partial charge in [0, 0.05) is 26.8 Å². The lowest BCUT2D eigenvalue weighted by Crippen LogP contribution is -1.98. The van der Waals surface area contributed by atoms with E-state index in [2.05, 4.69) is 15.9 Å². The van der Waals surface area contributed by atoms with Gasteiger partial charge in [-0.15, -0.1) is 0 Å². The van der Waals surface area contributed by atoms with E-state index in [1.807, 2.05) is 0 Å². The molecular formula is C7H5BrClNO4S. The molecule has 0 heterocycles. The molecule has 0 spiro atoms. The molecule has 0 bridgehead atoms. The van der Waals surface area contributed by atoms with Crippen molar-refractivity contribution in [2.45, 2.75) is 11.8 Å². The van der Waals surface area contributed by atoms with Crippen LogP contribution in [0.4, 0.5) is 5.69 Å². The van der Waals surface area contributed by atoms with E-state index < -0.39 is 14.0 Å². The lowest BCUT2D eigenvalue weighted by molar-refractivity contribution is -0.385. The largest absolute Gasteiger partial charge is 0.273 e. The summed E-state index contributed by atoms with van der Waals surface area (Å²) in [6.07, 6.45) is 0. The minimum atomic E-state index is -3.90. The summed E-state index contributed by atoms with van der Waals surface area (Å²) < 4.78 is 22.2. The van der Waals surface area contributed by atoms with Gasteiger partial charge in [0.1, 0.15) is 0 Å². The molecule has 0 saturated carbocycles. The number of benzene rings is 1. The van der Waals surface area contributed by atoms with E-state index in [4.69, 9.17) is 10.7 Å². The van der Waals surface area contributed by atoms with Crippen LogP contribution in [0, 0.1) is 17.0 Å². The minimum absolute atomic E-state index is 0.117. The fourth-order valence-corrected chi connectivity index (χ4v) is 3.27. The van der Waals surface area contributed by atoms with E-state index in [9.17, 15) is 18.5 Å². The second-order valence-electron chi connectivity index (χ2n) is 2.72. The highest BCUT2D eigenvalue weighted by atomic mass is 79.9. The molecule has 0 N–H and O–H groups in total. The van der Waals surface area contributed by atoms with Gasteiger partial charge in [-0.25, -0.2) is 8.42 Å². The molecule has 82 valence electrons. The van der Waals surface area contributed by atoms with E-state index in [0.29, 0.717) is 0 Å². The predicted octanol–water partition coefficient (Wildman–Crippen LogP) is 2.59. The summed E-state index contributed by atoms with van der Waals surface area (Å²) in [6, 6.07) is 2.20. The van der Waals surface area contributed by atoms with Gasteiger partial charge in [0.25, 0.3) is 14.7 Å². The van der Waals surface area contributed by atoms with Crippen LogP contribution in [0.1, 0.15) is 5.56 Å². The van der Waals surface area contributed by atoms with Gasteiger partial charge in [-0.1, -0.05) is 0 Å². The SMILES string of the molecule is Cc1c([N+](=O)[O-])ccc(S(=O)(=O)Cl)c1Br. The number of nitro benzene ring substituents is 1. The Kier molecular flexibility index (Phi) is 3.37. The molecule has 15 heavy (non-hydrogen) atoms. The molecule has 5 nitrogen and oxygen atoms in total. The number of hydrogen-bond donors (Lipinski definition) is 0. The Hall–Kier alpha value is -0.660. The van der Waals surface area contributed by atoms with Gasteiger partial charge in [0.05, 0.1) is 9.82 Å². The highest BCUT2D eigenvalue weighted by Gasteiger charge is 2.21. The van der Waals surface area contributed by atoms with Gasteiger partial charge in [-0.3, -0.25) is 10.1 Å². The molecule has 0 radical (unpaired) electrons. The average Bonchev–Trinajstić information content (AvgIpc) is 2.06. The summed E-state index contributed by atoms with van der Waals surface area (Å²) in [5.74, 6) is 0. The third kappa shape index (κ3) is 2.47. The molecule has 0 aliphatic carbocycles.